The summed E-state index contributed by atoms with van der Waals surface area (Å²) in [6.45, 7) is -0.728. The van der Waals surface area contributed by atoms with Crippen molar-refractivity contribution >= 4 is 17.7 Å². The molecule has 2 radical (unpaired) electrons. The summed E-state index contributed by atoms with van der Waals surface area (Å²) in [5, 5.41) is 23.9. The summed E-state index contributed by atoms with van der Waals surface area (Å²) in [7, 11) is 1.32. The standard InChI is InChI=1S/C5H9BO5S/c6-5-4(9)3(8)2(1-7)12(5,10)11/h2-5,7-9H,1H2/t2-,3?,4?,5-/m1/s1. The van der Waals surface area contributed by atoms with Crippen molar-refractivity contribution in [2.45, 2.75) is 22.6 Å². The van der Waals surface area contributed by atoms with E-state index in [4.69, 9.17) is 23.2 Å². The lowest BCUT2D eigenvalue weighted by molar-refractivity contribution is 0.0282. The van der Waals surface area contributed by atoms with E-state index in [0.717, 1.165) is 0 Å². The Morgan fingerprint density at radius 1 is 1.25 bits per heavy atom. The predicted molar refractivity (Wildman–Crippen MR) is 41.3 cm³/mol. The number of aliphatic hydroxyl groups excluding tert-OH is 3. The third-order valence-corrected chi connectivity index (χ3v) is 4.36. The predicted octanol–water partition coefficient (Wildman–Crippen LogP) is -3.01. The molecule has 12 heavy (non-hydrogen) atoms. The Labute approximate surface area is 71.4 Å². The van der Waals surface area contributed by atoms with Crippen molar-refractivity contribution in [2.24, 2.45) is 0 Å². The fraction of sp³-hybridized carbons (Fsp3) is 1.00. The van der Waals surface area contributed by atoms with E-state index in [0.29, 0.717) is 0 Å². The maximum absolute atomic E-state index is 11.1. The van der Waals surface area contributed by atoms with Gasteiger partial charge in [-0.15, -0.1) is 0 Å². The molecule has 5 nitrogen and oxygen atoms in total. The van der Waals surface area contributed by atoms with Crippen molar-refractivity contribution in [1.29, 1.82) is 0 Å². The molecule has 0 aromatic heterocycles. The molecule has 4 atom stereocenters. The summed E-state index contributed by atoms with van der Waals surface area (Å²) < 4.78 is 22.3. The minimum absolute atomic E-state index is 0.728. The number of hydrogen-bond acceptors (Lipinski definition) is 5. The molecule has 1 rings (SSSR count). The van der Waals surface area contributed by atoms with Crippen LogP contribution in [0, 0.1) is 0 Å². The van der Waals surface area contributed by atoms with Crippen LogP contribution in [0.25, 0.3) is 0 Å². The smallest absolute Gasteiger partial charge is 0.155 e. The second kappa shape index (κ2) is 2.99. The van der Waals surface area contributed by atoms with E-state index in [1.807, 2.05) is 0 Å². The van der Waals surface area contributed by atoms with Crippen molar-refractivity contribution in [3.63, 3.8) is 0 Å². The van der Waals surface area contributed by atoms with E-state index in [2.05, 4.69) is 0 Å². The molecule has 1 fully saturated rings. The molecule has 1 aliphatic heterocycles. The molecular formula is C5H9BO5S. The first-order chi connectivity index (χ1) is 5.42. The Kier molecular flexibility index (Phi) is 2.48. The van der Waals surface area contributed by atoms with Crippen molar-refractivity contribution in [2.75, 3.05) is 6.61 Å². The summed E-state index contributed by atoms with van der Waals surface area (Å²) in [6, 6.07) is 0. The van der Waals surface area contributed by atoms with E-state index in [-0.39, 0.29) is 0 Å². The molecule has 68 valence electrons. The Bertz CT molecular complexity index is 263. The van der Waals surface area contributed by atoms with Gasteiger partial charge in [0.15, 0.2) is 9.84 Å². The number of aliphatic hydroxyl groups is 3. The Morgan fingerprint density at radius 2 is 1.75 bits per heavy atom. The molecule has 0 aromatic carbocycles. The van der Waals surface area contributed by atoms with Crippen LogP contribution in [0.5, 0.6) is 0 Å². The van der Waals surface area contributed by atoms with E-state index in [9.17, 15) is 8.42 Å². The second-order valence-corrected chi connectivity index (χ2v) is 5.08. The summed E-state index contributed by atoms with van der Waals surface area (Å²) >= 11 is 0. The Morgan fingerprint density at radius 3 is 1.92 bits per heavy atom. The molecule has 7 heteroatoms. The van der Waals surface area contributed by atoms with Gasteiger partial charge in [0.25, 0.3) is 0 Å². The average Bonchev–Trinajstić information content (AvgIpc) is 2.13. The van der Waals surface area contributed by atoms with Crippen molar-refractivity contribution in [3.8, 4) is 0 Å². The minimum Gasteiger partial charge on any atom is -0.395 e. The highest BCUT2D eigenvalue weighted by Gasteiger charge is 2.50. The number of sulfone groups is 1. The normalized spacial score (nSPS) is 46.2. The van der Waals surface area contributed by atoms with Gasteiger partial charge >= 0.3 is 0 Å². The Hall–Kier alpha value is -0.105. The van der Waals surface area contributed by atoms with Gasteiger partial charge < -0.3 is 15.3 Å². The minimum atomic E-state index is -3.79. The molecule has 0 aromatic rings. The molecule has 0 aliphatic carbocycles. The largest absolute Gasteiger partial charge is 0.395 e. The fourth-order valence-corrected chi connectivity index (χ4v) is 2.93. The van der Waals surface area contributed by atoms with Gasteiger partial charge in [-0.2, -0.15) is 0 Å². The molecule has 1 aliphatic rings. The maximum atomic E-state index is 11.1. The molecule has 0 amide bonds. The fourth-order valence-electron chi connectivity index (χ4n) is 1.22. The van der Waals surface area contributed by atoms with Crippen LogP contribution in [0.1, 0.15) is 0 Å². The lowest BCUT2D eigenvalue weighted by atomic mass is 9.94. The topological polar surface area (TPSA) is 94.8 Å². The highest BCUT2D eigenvalue weighted by atomic mass is 32.2. The van der Waals surface area contributed by atoms with Crippen LogP contribution < -0.4 is 0 Å². The Balaban J connectivity index is 3.05. The van der Waals surface area contributed by atoms with Crippen LogP contribution >= 0.6 is 0 Å². The maximum Gasteiger partial charge on any atom is 0.155 e. The van der Waals surface area contributed by atoms with Crippen molar-refractivity contribution in [3.05, 3.63) is 0 Å². The number of rotatable bonds is 1. The average molecular weight is 192 g/mol. The first-order valence-corrected chi connectivity index (χ1v) is 4.99. The monoisotopic (exact) mass is 192 g/mol. The molecule has 0 saturated carbocycles. The molecular weight excluding hydrogens is 183 g/mol. The van der Waals surface area contributed by atoms with Crippen LogP contribution in [-0.2, 0) is 9.84 Å². The zero-order valence-electron chi connectivity index (χ0n) is 6.16. The lowest BCUT2D eigenvalue weighted by Crippen LogP contribution is -2.34. The molecule has 1 saturated heterocycles. The quantitative estimate of drug-likeness (QED) is 0.384. The van der Waals surface area contributed by atoms with Crippen LogP contribution in [0.15, 0.2) is 0 Å². The van der Waals surface area contributed by atoms with Crippen molar-refractivity contribution in [1.82, 2.24) is 0 Å². The highest BCUT2D eigenvalue weighted by molar-refractivity contribution is 7.94. The zero-order valence-corrected chi connectivity index (χ0v) is 6.98. The molecule has 1 heterocycles. The first-order valence-electron chi connectivity index (χ1n) is 3.38. The van der Waals surface area contributed by atoms with Gasteiger partial charge in [0, 0.05) is 0 Å². The van der Waals surface area contributed by atoms with E-state index in [1.165, 1.54) is 0 Å². The summed E-state index contributed by atoms with van der Waals surface area (Å²) in [5.41, 5.74) is 0. The van der Waals surface area contributed by atoms with Gasteiger partial charge in [-0.1, -0.05) is 0 Å². The van der Waals surface area contributed by atoms with Gasteiger partial charge in [-0.05, 0) is 0 Å². The third-order valence-electron chi connectivity index (χ3n) is 2.05. The van der Waals surface area contributed by atoms with Gasteiger partial charge in [-0.3, -0.25) is 0 Å². The molecule has 3 N–H and O–H groups in total. The first kappa shape index (κ1) is 9.98. The molecule has 0 spiro atoms. The third kappa shape index (κ3) is 1.17. The molecule has 0 bridgehead atoms. The zero-order chi connectivity index (χ0) is 9.52. The van der Waals surface area contributed by atoms with Crippen LogP contribution in [0.2, 0.25) is 0 Å². The summed E-state index contributed by atoms with van der Waals surface area (Å²) in [5.74, 6) is 0. The van der Waals surface area contributed by atoms with E-state index < -0.39 is 39.1 Å². The summed E-state index contributed by atoms with van der Waals surface area (Å²) in [4.78, 5) is 0. The molecule has 2 unspecified atom stereocenters. The van der Waals surface area contributed by atoms with E-state index >= 15 is 0 Å². The highest BCUT2D eigenvalue weighted by Crippen LogP contribution is 2.25. The second-order valence-electron chi connectivity index (χ2n) is 2.76. The van der Waals surface area contributed by atoms with E-state index in [1.54, 1.807) is 0 Å². The SMILES string of the molecule is [B][C@H]1C(O)C(O)[C@@H](CO)S1(=O)=O. The van der Waals surface area contributed by atoms with Gasteiger partial charge in [-0.25, -0.2) is 8.42 Å². The van der Waals surface area contributed by atoms with Crippen LogP contribution in [0.3, 0.4) is 0 Å². The lowest BCUT2D eigenvalue weighted by Gasteiger charge is -2.11. The van der Waals surface area contributed by atoms with Gasteiger partial charge in [0.1, 0.15) is 5.25 Å². The van der Waals surface area contributed by atoms with Gasteiger partial charge in [0.05, 0.1) is 31.8 Å². The summed E-state index contributed by atoms with van der Waals surface area (Å²) in [6.07, 6.45) is -3.00. The van der Waals surface area contributed by atoms with Crippen LogP contribution in [-0.4, -0.2) is 60.8 Å². The number of hydrogen-bond donors (Lipinski definition) is 3. The van der Waals surface area contributed by atoms with Crippen molar-refractivity contribution < 1.29 is 23.7 Å². The van der Waals surface area contributed by atoms with Gasteiger partial charge in [0.2, 0.25) is 0 Å². The van der Waals surface area contributed by atoms with Crippen LogP contribution in [0.4, 0.5) is 0 Å².